The molecule has 1 aromatic carbocycles. The fourth-order valence-electron chi connectivity index (χ4n) is 1.33. The van der Waals surface area contributed by atoms with Gasteiger partial charge in [0.05, 0.1) is 6.07 Å². The SMILES string of the molecule is CCc1ccccc1[C@@H](C#N)C=O. The van der Waals surface area contributed by atoms with Gasteiger partial charge in [-0.1, -0.05) is 31.2 Å². The standard InChI is InChI=1S/C11H11NO/c1-2-9-5-3-4-6-11(9)10(7-12)8-13/h3-6,8,10H,2H2,1H3/t10-/m0/s1. The van der Waals surface area contributed by atoms with E-state index >= 15 is 0 Å². The molecular formula is C11H11NO. The predicted molar refractivity (Wildman–Crippen MR) is 50.2 cm³/mol. The first-order valence-electron chi connectivity index (χ1n) is 4.26. The minimum Gasteiger partial charge on any atom is -0.302 e. The Hall–Kier alpha value is -1.62. The van der Waals surface area contributed by atoms with Crippen molar-refractivity contribution in [2.75, 3.05) is 0 Å². The van der Waals surface area contributed by atoms with Gasteiger partial charge in [-0.25, -0.2) is 0 Å². The lowest BCUT2D eigenvalue weighted by atomic mass is 9.95. The van der Waals surface area contributed by atoms with E-state index in [-0.39, 0.29) is 0 Å². The second-order valence-electron chi connectivity index (χ2n) is 2.80. The van der Waals surface area contributed by atoms with E-state index < -0.39 is 5.92 Å². The van der Waals surface area contributed by atoms with Crippen LogP contribution in [0, 0.1) is 11.3 Å². The van der Waals surface area contributed by atoms with Crippen LogP contribution in [0.2, 0.25) is 0 Å². The number of carbonyl (C=O) groups is 1. The molecular weight excluding hydrogens is 162 g/mol. The molecule has 0 N–H and O–H groups in total. The van der Waals surface area contributed by atoms with Gasteiger partial charge in [0, 0.05) is 0 Å². The molecule has 0 fully saturated rings. The number of rotatable bonds is 3. The van der Waals surface area contributed by atoms with Crippen molar-refractivity contribution in [2.24, 2.45) is 0 Å². The number of aldehydes is 1. The molecule has 0 aliphatic carbocycles. The van der Waals surface area contributed by atoms with E-state index in [4.69, 9.17) is 5.26 Å². The van der Waals surface area contributed by atoms with Gasteiger partial charge in [0.25, 0.3) is 0 Å². The molecule has 0 unspecified atom stereocenters. The molecule has 2 heteroatoms. The smallest absolute Gasteiger partial charge is 0.141 e. The Labute approximate surface area is 77.8 Å². The molecule has 2 nitrogen and oxygen atoms in total. The highest BCUT2D eigenvalue weighted by Crippen LogP contribution is 2.18. The van der Waals surface area contributed by atoms with Crippen molar-refractivity contribution in [1.82, 2.24) is 0 Å². The maximum atomic E-state index is 10.6. The number of hydrogen-bond donors (Lipinski definition) is 0. The molecule has 0 amide bonds. The summed E-state index contributed by atoms with van der Waals surface area (Å²) >= 11 is 0. The van der Waals surface area contributed by atoms with Crippen LogP contribution in [0.4, 0.5) is 0 Å². The first kappa shape index (κ1) is 9.47. The molecule has 0 radical (unpaired) electrons. The number of benzene rings is 1. The topological polar surface area (TPSA) is 40.9 Å². The number of nitriles is 1. The summed E-state index contributed by atoms with van der Waals surface area (Å²) in [6.45, 7) is 2.01. The summed E-state index contributed by atoms with van der Waals surface area (Å²) in [5.41, 5.74) is 1.91. The summed E-state index contributed by atoms with van der Waals surface area (Å²) in [7, 11) is 0. The zero-order valence-electron chi connectivity index (χ0n) is 7.53. The molecule has 1 atom stereocenters. The third-order valence-corrected chi connectivity index (χ3v) is 2.05. The van der Waals surface area contributed by atoms with Gasteiger partial charge in [0.2, 0.25) is 0 Å². The Balaban J connectivity index is 3.12. The minimum absolute atomic E-state index is 0.615. The molecule has 0 saturated heterocycles. The molecule has 0 aliphatic heterocycles. The molecule has 1 rings (SSSR count). The quantitative estimate of drug-likeness (QED) is 0.656. The summed E-state index contributed by atoms with van der Waals surface area (Å²) in [4.78, 5) is 10.6. The first-order chi connectivity index (χ1) is 6.33. The normalized spacial score (nSPS) is 11.7. The van der Waals surface area contributed by atoms with Crippen molar-refractivity contribution in [2.45, 2.75) is 19.3 Å². The molecule has 0 saturated carbocycles. The number of aryl methyl sites for hydroxylation is 1. The molecule has 0 spiro atoms. The van der Waals surface area contributed by atoms with Gasteiger partial charge in [-0.2, -0.15) is 5.26 Å². The third kappa shape index (κ3) is 1.94. The van der Waals surface area contributed by atoms with Gasteiger partial charge in [-0.05, 0) is 17.5 Å². The van der Waals surface area contributed by atoms with E-state index in [2.05, 4.69) is 0 Å². The summed E-state index contributed by atoms with van der Waals surface area (Å²) in [6, 6.07) is 9.52. The van der Waals surface area contributed by atoms with Gasteiger partial charge in [-0.15, -0.1) is 0 Å². The molecule has 0 heterocycles. The van der Waals surface area contributed by atoms with Crippen LogP contribution in [-0.2, 0) is 11.2 Å². The van der Waals surface area contributed by atoms with E-state index in [9.17, 15) is 4.79 Å². The van der Waals surface area contributed by atoms with Gasteiger partial charge in [0.1, 0.15) is 12.2 Å². The van der Waals surface area contributed by atoms with E-state index in [0.29, 0.717) is 6.29 Å². The van der Waals surface area contributed by atoms with Crippen molar-refractivity contribution in [3.05, 3.63) is 35.4 Å². The lowest BCUT2D eigenvalue weighted by Crippen LogP contribution is -2.00. The average Bonchev–Trinajstić information content (AvgIpc) is 2.20. The second-order valence-corrected chi connectivity index (χ2v) is 2.80. The molecule has 1 aromatic rings. The minimum atomic E-state index is -0.615. The Kier molecular flexibility index (Phi) is 3.22. The predicted octanol–water partition coefficient (Wildman–Crippen LogP) is 2.06. The fourth-order valence-corrected chi connectivity index (χ4v) is 1.33. The first-order valence-corrected chi connectivity index (χ1v) is 4.26. The zero-order chi connectivity index (χ0) is 9.68. The van der Waals surface area contributed by atoms with Crippen LogP contribution in [0.15, 0.2) is 24.3 Å². The Morgan fingerprint density at radius 2 is 2.23 bits per heavy atom. The highest BCUT2D eigenvalue weighted by atomic mass is 16.1. The average molecular weight is 173 g/mol. The lowest BCUT2D eigenvalue weighted by molar-refractivity contribution is -0.108. The van der Waals surface area contributed by atoms with E-state index in [1.54, 1.807) is 0 Å². The summed E-state index contributed by atoms with van der Waals surface area (Å²) in [5.74, 6) is -0.615. The molecule has 13 heavy (non-hydrogen) atoms. The largest absolute Gasteiger partial charge is 0.302 e. The highest BCUT2D eigenvalue weighted by molar-refractivity contribution is 5.67. The van der Waals surface area contributed by atoms with Crippen LogP contribution in [0.25, 0.3) is 0 Å². The molecule has 0 aromatic heterocycles. The second kappa shape index (κ2) is 4.42. The van der Waals surface area contributed by atoms with Crippen LogP contribution >= 0.6 is 0 Å². The van der Waals surface area contributed by atoms with Crippen molar-refractivity contribution >= 4 is 6.29 Å². The van der Waals surface area contributed by atoms with Crippen LogP contribution in [0.3, 0.4) is 0 Å². The van der Waals surface area contributed by atoms with Crippen LogP contribution in [0.5, 0.6) is 0 Å². The monoisotopic (exact) mass is 173 g/mol. The summed E-state index contributed by atoms with van der Waals surface area (Å²) in [6.07, 6.45) is 1.54. The molecule has 0 aliphatic rings. The Morgan fingerprint density at radius 1 is 1.54 bits per heavy atom. The van der Waals surface area contributed by atoms with E-state index in [1.165, 1.54) is 0 Å². The van der Waals surface area contributed by atoms with Gasteiger partial charge < -0.3 is 4.79 Å². The van der Waals surface area contributed by atoms with Crippen LogP contribution in [0.1, 0.15) is 24.0 Å². The van der Waals surface area contributed by atoms with E-state index in [0.717, 1.165) is 17.5 Å². The van der Waals surface area contributed by atoms with Crippen molar-refractivity contribution in [1.29, 1.82) is 5.26 Å². The van der Waals surface area contributed by atoms with Crippen molar-refractivity contribution in [3.8, 4) is 6.07 Å². The maximum Gasteiger partial charge on any atom is 0.141 e. The zero-order valence-corrected chi connectivity index (χ0v) is 7.53. The highest BCUT2D eigenvalue weighted by Gasteiger charge is 2.11. The number of hydrogen-bond acceptors (Lipinski definition) is 2. The fraction of sp³-hybridized carbons (Fsp3) is 0.273. The van der Waals surface area contributed by atoms with Gasteiger partial charge in [0.15, 0.2) is 0 Å². The molecule has 66 valence electrons. The van der Waals surface area contributed by atoms with Gasteiger partial charge >= 0.3 is 0 Å². The van der Waals surface area contributed by atoms with Gasteiger partial charge in [-0.3, -0.25) is 0 Å². The Bertz CT molecular complexity index is 338. The summed E-state index contributed by atoms with van der Waals surface area (Å²) in [5, 5.41) is 8.72. The number of carbonyl (C=O) groups excluding carboxylic acids is 1. The number of nitrogens with zero attached hydrogens (tertiary/aromatic N) is 1. The lowest BCUT2D eigenvalue weighted by Gasteiger charge is -2.07. The maximum absolute atomic E-state index is 10.6. The van der Waals surface area contributed by atoms with Crippen LogP contribution < -0.4 is 0 Å². The van der Waals surface area contributed by atoms with Crippen molar-refractivity contribution < 1.29 is 4.79 Å². The van der Waals surface area contributed by atoms with Crippen molar-refractivity contribution in [3.63, 3.8) is 0 Å². The Morgan fingerprint density at radius 3 is 2.77 bits per heavy atom. The molecule has 0 bridgehead atoms. The summed E-state index contributed by atoms with van der Waals surface area (Å²) < 4.78 is 0. The third-order valence-electron chi connectivity index (χ3n) is 2.05. The van der Waals surface area contributed by atoms with E-state index in [1.807, 2.05) is 37.3 Å². The van der Waals surface area contributed by atoms with Crippen LogP contribution in [-0.4, -0.2) is 6.29 Å².